The molecule has 1 aromatic carbocycles. The zero-order valence-corrected chi connectivity index (χ0v) is 17.7. The summed E-state index contributed by atoms with van der Waals surface area (Å²) in [5.41, 5.74) is 1.85. The minimum absolute atomic E-state index is 0.0187. The third-order valence-corrected chi connectivity index (χ3v) is 6.08. The lowest BCUT2D eigenvalue weighted by Crippen LogP contribution is -2.36. The molecular formula is C22H26N2O4S. The monoisotopic (exact) mass is 414 g/mol. The molecule has 1 fully saturated rings. The Morgan fingerprint density at radius 1 is 1.28 bits per heavy atom. The summed E-state index contributed by atoms with van der Waals surface area (Å²) in [6, 6.07) is 11.1. The standard InChI is InChI=1S/C22H26N2O4S/c1-4-15(3)23-19(25)13-28-22(27)17-12-20(26)24(16-9-7-14(2)8-10-16)21(17)18-6-5-11-29-18/h5-11,15,17,21H,4,12-13H2,1-3H3,(H,23,25). The second-order valence-corrected chi connectivity index (χ2v) is 8.33. The fourth-order valence-electron chi connectivity index (χ4n) is 3.40. The first-order valence-corrected chi connectivity index (χ1v) is 10.7. The molecule has 2 amide bonds. The van der Waals surface area contributed by atoms with Crippen molar-refractivity contribution in [3.8, 4) is 0 Å². The lowest BCUT2D eigenvalue weighted by atomic mass is 9.99. The van der Waals surface area contributed by atoms with Crippen LogP contribution >= 0.6 is 11.3 Å². The predicted octanol–water partition coefficient (Wildman–Crippen LogP) is 3.61. The van der Waals surface area contributed by atoms with Crippen molar-refractivity contribution in [1.29, 1.82) is 0 Å². The molecule has 3 atom stereocenters. The number of thiophene rings is 1. The van der Waals surface area contributed by atoms with Gasteiger partial charge in [-0.2, -0.15) is 0 Å². The summed E-state index contributed by atoms with van der Waals surface area (Å²) in [5, 5.41) is 4.70. The highest BCUT2D eigenvalue weighted by molar-refractivity contribution is 7.10. The van der Waals surface area contributed by atoms with Crippen LogP contribution in [-0.4, -0.2) is 30.4 Å². The lowest BCUT2D eigenvalue weighted by molar-refractivity contribution is -0.153. The van der Waals surface area contributed by atoms with Gasteiger partial charge in [0.1, 0.15) is 0 Å². The number of aryl methyl sites for hydroxylation is 1. The van der Waals surface area contributed by atoms with Gasteiger partial charge in [0.25, 0.3) is 5.91 Å². The molecule has 2 aromatic rings. The molecule has 0 bridgehead atoms. The number of benzene rings is 1. The van der Waals surface area contributed by atoms with E-state index in [0.717, 1.165) is 22.5 Å². The van der Waals surface area contributed by atoms with Crippen molar-refractivity contribution in [1.82, 2.24) is 5.32 Å². The molecule has 0 saturated carbocycles. The molecular weight excluding hydrogens is 388 g/mol. The first-order valence-electron chi connectivity index (χ1n) is 9.78. The first kappa shape index (κ1) is 21.0. The summed E-state index contributed by atoms with van der Waals surface area (Å²) in [4.78, 5) is 40.2. The summed E-state index contributed by atoms with van der Waals surface area (Å²) in [6.07, 6.45) is 0.852. The van der Waals surface area contributed by atoms with Gasteiger partial charge in [-0.05, 0) is 43.8 Å². The van der Waals surface area contributed by atoms with E-state index in [4.69, 9.17) is 4.74 Å². The van der Waals surface area contributed by atoms with E-state index in [1.165, 1.54) is 11.3 Å². The van der Waals surface area contributed by atoms with Gasteiger partial charge in [-0.3, -0.25) is 14.4 Å². The fraction of sp³-hybridized carbons (Fsp3) is 0.409. The summed E-state index contributed by atoms with van der Waals surface area (Å²) in [6.45, 7) is 5.50. The van der Waals surface area contributed by atoms with Gasteiger partial charge < -0.3 is 15.0 Å². The Morgan fingerprint density at radius 3 is 2.62 bits per heavy atom. The minimum Gasteiger partial charge on any atom is -0.455 e. The number of carbonyl (C=O) groups is 3. The molecule has 29 heavy (non-hydrogen) atoms. The van der Waals surface area contributed by atoms with Crippen LogP contribution in [0.4, 0.5) is 5.69 Å². The second-order valence-electron chi connectivity index (χ2n) is 7.35. The van der Waals surface area contributed by atoms with E-state index in [0.29, 0.717) is 0 Å². The third kappa shape index (κ3) is 4.85. The number of carbonyl (C=O) groups excluding carboxylic acids is 3. The van der Waals surface area contributed by atoms with E-state index in [1.807, 2.05) is 62.5 Å². The van der Waals surface area contributed by atoms with E-state index in [-0.39, 0.29) is 30.9 Å². The summed E-state index contributed by atoms with van der Waals surface area (Å²) >= 11 is 1.50. The predicted molar refractivity (Wildman–Crippen MR) is 113 cm³/mol. The zero-order chi connectivity index (χ0) is 21.0. The molecule has 3 unspecified atom stereocenters. The Hall–Kier alpha value is -2.67. The number of hydrogen-bond donors (Lipinski definition) is 1. The SMILES string of the molecule is CCC(C)NC(=O)COC(=O)C1CC(=O)N(c2ccc(C)cc2)C1c1cccs1. The molecule has 6 nitrogen and oxygen atoms in total. The maximum Gasteiger partial charge on any atom is 0.312 e. The Kier molecular flexibility index (Phi) is 6.69. The van der Waals surface area contributed by atoms with Crippen molar-refractivity contribution >= 4 is 34.8 Å². The Labute approximate surface area is 174 Å². The number of esters is 1. The van der Waals surface area contributed by atoms with Crippen molar-refractivity contribution in [2.45, 2.75) is 45.7 Å². The van der Waals surface area contributed by atoms with Crippen LogP contribution < -0.4 is 10.2 Å². The van der Waals surface area contributed by atoms with Crippen molar-refractivity contribution in [2.24, 2.45) is 5.92 Å². The average Bonchev–Trinajstić information content (AvgIpc) is 3.34. The van der Waals surface area contributed by atoms with Gasteiger partial charge in [0, 0.05) is 23.0 Å². The highest BCUT2D eigenvalue weighted by Gasteiger charge is 2.46. The molecule has 0 radical (unpaired) electrons. The van der Waals surface area contributed by atoms with Gasteiger partial charge in [-0.1, -0.05) is 30.7 Å². The van der Waals surface area contributed by atoms with Crippen LogP contribution in [0.3, 0.4) is 0 Å². The number of rotatable bonds is 7. The van der Waals surface area contributed by atoms with E-state index in [9.17, 15) is 14.4 Å². The van der Waals surface area contributed by atoms with Gasteiger partial charge in [0.05, 0.1) is 12.0 Å². The van der Waals surface area contributed by atoms with Crippen LogP contribution in [0.2, 0.25) is 0 Å². The third-order valence-electron chi connectivity index (χ3n) is 5.14. The Bertz CT molecular complexity index is 863. The van der Waals surface area contributed by atoms with Crippen LogP contribution in [0.5, 0.6) is 0 Å². The van der Waals surface area contributed by atoms with Crippen LogP contribution in [-0.2, 0) is 19.1 Å². The van der Waals surface area contributed by atoms with E-state index in [2.05, 4.69) is 5.32 Å². The number of nitrogens with one attached hydrogen (secondary N) is 1. The molecule has 0 spiro atoms. The van der Waals surface area contributed by atoms with E-state index < -0.39 is 17.9 Å². The van der Waals surface area contributed by atoms with Gasteiger partial charge in [0.2, 0.25) is 5.91 Å². The molecule has 3 rings (SSSR count). The Morgan fingerprint density at radius 2 is 2.00 bits per heavy atom. The molecule has 1 aliphatic rings. The van der Waals surface area contributed by atoms with E-state index in [1.54, 1.807) is 4.90 Å². The topological polar surface area (TPSA) is 75.7 Å². The van der Waals surface area contributed by atoms with Gasteiger partial charge in [0.15, 0.2) is 6.61 Å². The largest absolute Gasteiger partial charge is 0.455 e. The van der Waals surface area contributed by atoms with Crippen LogP contribution in [0.25, 0.3) is 0 Å². The number of anilines is 1. The average molecular weight is 415 g/mol. The maximum atomic E-state index is 12.8. The molecule has 7 heteroatoms. The molecule has 2 heterocycles. The zero-order valence-electron chi connectivity index (χ0n) is 16.9. The summed E-state index contributed by atoms with van der Waals surface area (Å²) in [5.74, 6) is -1.64. The molecule has 1 aliphatic heterocycles. The van der Waals surface area contributed by atoms with Crippen LogP contribution in [0.1, 0.15) is 43.2 Å². The minimum atomic E-state index is -0.654. The summed E-state index contributed by atoms with van der Waals surface area (Å²) < 4.78 is 5.29. The van der Waals surface area contributed by atoms with Crippen molar-refractivity contribution < 1.29 is 19.1 Å². The molecule has 0 aliphatic carbocycles. The smallest absolute Gasteiger partial charge is 0.312 e. The van der Waals surface area contributed by atoms with Crippen molar-refractivity contribution in [3.05, 3.63) is 52.2 Å². The van der Waals surface area contributed by atoms with E-state index >= 15 is 0 Å². The number of ether oxygens (including phenoxy) is 1. The fourth-order valence-corrected chi connectivity index (χ4v) is 4.28. The quantitative estimate of drug-likeness (QED) is 0.703. The van der Waals surface area contributed by atoms with Crippen molar-refractivity contribution in [3.63, 3.8) is 0 Å². The summed E-state index contributed by atoms with van der Waals surface area (Å²) in [7, 11) is 0. The molecule has 154 valence electrons. The van der Waals surface area contributed by atoms with Gasteiger partial charge >= 0.3 is 5.97 Å². The number of hydrogen-bond acceptors (Lipinski definition) is 5. The van der Waals surface area contributed by atoms with Gasteiger partial charge in [-0.15, -0.1) is 11.3 Å². The highest BCUT2D eigenvalue weighted by atomic mass is 32.1. The highest BCUT2D eigenvalue weighted by Crippen LogP contribution is 2.43. The van der Waals surface area contributed by atoms with Crippen LogP contribution in [0.15, 0.2) is 41.8 Å². The first-order chi connectivity index (χ1) is 13.9. The van der Waals surface area contributed by atoms with Crippen LogP contribution in [0, 0.1) is 12.8 Å². The van der Waals surface area contributed by atoms with Gasteiger partial charge in [-0.25, -0.2) is 0 Å². The number of nitrogens with zero attached hydrogens (tertiary/aromatic N) is 1. The maximum absolute atomic E-state index is 12.8. The number of amides is 2. The second kappa shape index (κ2) is 9.22. The normalized spacial score (nSPS) is 19.8. The van der Waals surface area contributed by atoms with Crippen molar-refractivity contribution in [2.75, 3.05) is 11.5 Å². The molecule has 1 N–H and O–H groups in total. The molecule has 1 saturated heterocycles. The molecule has 1 aromatic heterocycles. The lowest BCUT2D eigenvalue weighted by Gasteiger charge is -2.27. The Balaban J connectivity index is 1.79.